The molecule has 3 nitrogen and oxygen atoms in total. The largest absolute Gasteiger partial charge is 0.214 e. The summed E-state index contributed by atoms with van der Waals surface area (Å²) in [5.41, 5.74) is 0. The van der Waals surface area contributed by atoms with E-state index < -0.39 is 10.0 Å². The molecule has 1 aliphatic carbocycles. The van der Waals surface area contributed by atoms with Crippen molar-refractivity contribution in [2.24, 2.45) is 5.92 Å². The molecule has 1 N–H and O–H groups in total. The summed E-state index contributed by atoms with van der Waals surface area (Å²) < 4.78 is 25.1. The highest BCUT2D eigenvalue weighted by Crippen LogP contribution is 2.29. The summed E-state index contributed by atoms with van der Waals surface area (Å²) in [6.07, 6.45) is 0.992. The Morgan fingerprint density at radius 3 is 2.18 bits per heavy atom. The molecule has 1 aliphatic rings. The monoisotopic (exact) mass is 177 g/mol. The maximum absolute atomic E-state index is 11.2. The molecule has 0 aliphatic heterocycles. The van der Waals surface area contributed by atoms with Crippen LogP contribution in [-0.4, -0.2) is 19.7 Å². The lowest BCUT2D eigenvalue weighted by Gasteiger charge is -2.07. The molecule has 0 aromatic carbocycles. The fraction of sp³-hybridized carbons (Fsp3) is 1.00. The molecule has 0 aromatic heterocycles. The third-order valence-electron chi connectivity index (χ3n) is 2.05. The van der Waals surface area contributed by atoms with Gasteiger partial charge in [-0.05, 0) is 26.2 Å². The molecular formula is C7H15NO2S. The predicted octanol–water partition coefficient (Wildman–Crippen LogP) is 0.723. The molecule has 0 radical (unpaired) electrons. The van der Waals surface area contributed by atoms with Gasteiger partial charge in [0.25, 0.3) is 0 Å². The van der Waals surface area contributed by atoms with Gasteiger partial charge in [0, 0.05) is 6.04 Å². The Balaban J connectivity index is 2.48. The SMILES string of the molecule is CC1CC1NS(=O)(=O)C(C)C. The summed E-state index contributed by atoms with van der Waals surface area (Å²) in [6, 6.07) is 0.211. The number of rotatable bonds is 3. The van der Waals surface area contributed by atoms with Gasteiger partial charge in [0.15, 0.2) is 0 Å². The third-order valence-corrected chi connectivity index (χ3v) is 3.92. The standard InChI is InChI=1S/C7H15NO2S/c1-5(2)11(9,10)8-7-4-6(7)3/h5-8H,4H2,1-3H3. The average molecular weight is 177 g/mol. The highest BCUT2D eigenvalue weighted by atomic mass is 32.2. The first-order valence-electron chi connectivity index (χ1n) is 3.94. The maximum atomic E-state index is 11.2. The fourth-order valence-corrected chi connectivity index (χ4v) is 1.86. The van der Waals surface area contributed by atoms with E-state index in [-0.39, 0.29) is 11.3 Å². The Bertz CT molecular complexity index is 233. The van der Waals surface area contributed by atoms with Gasteiger partial charge in [-0.1, -0.05) is 6.92 Å². The van der Waals surface area contributed by atoms with E-state index in [0.29, 0.717) is 5.92 Å². The van der Waals surface area contributed by atoms with Crippen LogP contribution in [0, 0.1) is 5.92 Å². The van der Waals surface area contributed by atoms with Crippen molar-refractivity contribution in [3.05, 3.63) is 0 Å². The van der Waals surface area contributed by atoms with E-state index in [9.17, 15) is 8.42 Å². The Labute approximate surface area is 68.2 Å². The second-order valence-corrected chi connectivity index (χ2v) is 5.80. The molecule has 0 heterocycles. The summed E-state index contributed by atoms with van der Waals surface area (Å²) in [5, 5.41) is -0.310. The number of hydrogen-bond donors (Lipinski definition) is 1. The van der Waals surface area contributed by atoms with E-state index in [1.54, 1.807) is 13.8 Å². The lowest BCUT2D eigenvalue weighted by atomic mass is 10.5. The quantitative estimate of drug-likeness (QED) is 0.690. The van der Waals surface area contributed by atoms with Crippen molar-refractivity contribution in [3.63, 3.8) is 0 Å². The van der Waals surface area contributed by atoms with E-state index >= 15 is 0 Å². The van der Waals surface area contributed by atoms with Crippen molar-refractivity contribution in [2.75, 3.05) is 0 Å². The molecule has 0 amide bonds. The van der Waals surface area contributed by atoms with Gasteiger partial charge in [-0.25, -0.2) is 13.1 Å². The molecule has 2 unspecified atom stereocenters. The zero-order valence-corrected chi connectivity index (χ0v) is 7.98. The summed E-state index contributed by atoms with van der Waals surface area (Å²) in [7, 11) is -3.02. The topological polar surface area (TPSA) is 46.2 Å². The lowest BCUT2D eigenvalue weighted by Crippen LogP contribution is -2.33. The van der Waals surface area contributed by atoms with Crippen molar-refractivity contribution >= 4 is 10.0 Å². The van der Waals surface area contributed by atoms with Crippen LogP contribution in [0.3, 0.4) is 0 Å². The van der Waals surface area contributed by atoms with E-state index in [1.807, 2.05) is 6.92 Å². The Kier molecular flexibility index (Phi) is 2.25. The zero-order valence-electron chi connectivity index (χ0n) is 7.16. The Morgan fingerprint density at radius 1 is 1.45 bits per heavy atom. The first kappa shape index (κ1) is 9.00. The van der Waals surface area contributed by atoms with Gasteiger partial charge in [-0.15, -0.1) is 0 Å². The molecule has 11 heavy (non-hydrogen) atoms. The molecule has 1 rings (SSSR count). The second-order valence-electron chi connectivity index (χ2n) is 3.53. The van der Waals surface area contributed by atoms with E-state index in [0.717, 1.165) is 6.42 Å². The molecule has 0 spiro atoms. The number of nitrogens with one attached hydrogen (secondary N) is 1. The molecule has 0 bridgehead atoms. The van der Waals surface area contributed by atoms with Crippen LogP contribution in [-0.2, 0) is 10.0 Å². The van der Waals surface area contributed by atoms with E-state index in [2.05, 4.69) is 4.72 Å². The van der Waals surface area contributed by atoms with Crippen LogP contribution in [0.2, 0.25) is 0 Å². The van der Waals surface area contributed by atoms with Crippen molar-refractivity contribution < 1.29 is 8.42 Å². The van der Waals surface area contributed by atoms with Crippen LogP contribution in [0.25, 0.3) is 0 Å². The number of sulfonamides is 1. The molecule has 1 fully saturated rings. The summed E-state index contributed by atoms with van der Waals surface area (Å²) in [4.78, 5) is 0. The molecule has 1 saturated carbocycles. The van der Waals surface area contributed by atoms with Crippen molar-refractivity contribution in [1.82, 2.24) is 4.72 Å². The van der Waals surface area contributed by atoms with Gasteiger partial charge < -0.3 is 0 Å². The lowest BCUT2D eigenvalue weighted by molar-refractivity contribution is 0.569. The minimum atomic E-state index is -3.02. The van der Waals surface area contributed by atoms with Gasteiger partial charge in [-0.2, -0.15) is 0 Å². The molecule has 0 aromatic rings. The minimum absolute atomic E-state index is 0.211. The van der Waals surface area contributed by atoms with Gasteiger partial charge in [-0.3, -0.25) is 0 Å². The second kappa shape index (κ2) is 2.75. The maximum Gasteiger partial charge on any atom is 0.214 e. The van der Waals surface area contributed by atoms with Gasteiger partial charge in [0.1, 0.15) is 0 Å². The zero-order chi connectivity index (χ0) is 8.65. The van der Waals surface area contributed by atoms with Crippen LogP contribution in [0.4, 0.5) is 0 Å². The predicted molar refractivity (Wildman–Crippen MR) is 44.8 cm³/mol. The van der Waals surface area contributed by atoms with Crippen molar-refractivity contribution in [3.8, 4) is 0 Å². The molecule has 0 saturated heterocycles. The smallest absolute Gasteiger partial charge is 0.212 e. The number of hydrogen-bond acceptors (Lipinski definition) is 2. The minimum Gasteiger partial charge on any atom is -0.212 e. The summed E-state index contributed by atoms with van der Waals surface area (Å²) >= 11 is 0. The van der Waals surface area contributed by atoms with Gasteiger partial charge >= 0.3 is 0 Å². The van der Waals surface area contributed by atoms with Gasteiger partial charge in [0.2, 0.25) is 10.0 Å². The Morgan fingerprint density at radius 2 is 1.91 bits per heavy atom. The molecule has 4 heteroatoms. The normalized spacial score (nSPS) is 30.9. The molecular weight excluding hydrogens is 162 g/mol. The average Bonchev–Trinajstić information content (AvgIpc) is 2.45. The summed E-state index contributed by atoms with van der Waals surface area (Å²) in [5.74, 6) is 0.531. The first-order valence-corrected chi connectivity index (χ1v) is 5.49. The van der Waals surface area contributed by atoms with Gasteiger partial charge in [0.05, 0.1) is 5.25 Å². The van der Waals surface area contributed by atoms with Crippen LogP contribution >= 0.6 is 0 Å². The molecule has 2 atom stereocenters. The fourth-order valence-electron chi connectivity index (χ4n) is 0.833. The van der Waals surface area contributed by atoms with Crippen LogP contribution in [0.5, 0.6) is 0 Å². The van der Waals surface area contributed by atoms with Crippen LogP contribution in [0.1, 0.15) is 27.2 Å². The first-order chi connectivity index (χ1) is 4.93. The Hall–Kier alpha value is -0.0900. The molecule has 66 valence electrons. The van der Waals surface area contributed by atoms with Crippen LogP contribution < -0.4 is 4.72 Å². The van der Waals surface area contributed by atoms with Crippen LogP contribution in [0.15, 0.2) is 0 Å². The summed E-state index contributed by atoms with van der Waals surface area (Å²) in [6.45, 7) is 5.43. The third kappa shape index (κ3) is 2.17. The van der Waals surface area contributed by atoms with E-state index in [4.69, 9.17) is 0 Å². The van der Waals surface area contributed by atoms with E-state index in [1.165, 1.54) is 0 Å². The highest BCUT2D eigenvalue weighted by Gasteiger charge is 2.36. The van der Waals surface area contributed by atoms with Crippen molar-refractivity contribution in [1.29, 1.82) is 0 Å². The highest BCUT2D eigenvalue weighted by molar-refractivity contribution is 7.90. The van der Waals surface area contributed by atoms with Crippen molar-refractivity contribution in [2.45, 2.75) is 38.5 Å².